The first-order chi connectivity index (χ1) is 9.83. The van der Waals surface area contributed by atoms with Gasteiger partial charge in [0.25, 0.3) is 10.0 Å². The molecule has 0 saturated heterocycles. The van der Waals surface area contributed by atoms with Crippen molar-refractivity contribution in [3.8, 4) is 0 Å². The van der Waals surface area contributed by atoms with Crippen LogP contribution in [0.4, 0.5) is 11.5 Å². The lowest BCUT2D eigenvalue weighted by atomic mass is 10.1. The Morgan fingerprint density at radius 2 is 2.00 bits per heavy atom. The molecule has 21 heavy (non-hydrogen) atoms. The van der Waals surface area contributed by atoms with Crippen LogP contribution in [-0.2, 0) is 16.4 Å². The van der Waals surface area contributed by atoms with Gasteiger partial charge in [-0.1, -0.05) is 13.3 Å². The third-order valence-corrected chi connectivity index (χ3v) is 4.80. The Labute approximate surface area is 124 Å². The van der Waals surface area contributed by atoms with Gasteiger partial charge in [-0.15, -0.1) is 0 Å². The van der Waals surface area contributed by atoms with E-state index < -0.39 is 10.0 Å². The second kappa shape index (κ2) is 5.77. The zero-order valence-corrected chi connectivity index (χ0v) is 13.2. The lowest BCUT2D eigenvalue weighted by molar-refractivity contribution is 0.600. The molecular weight excluding hydrogens is 288 g/mol. The van der Waals surface area contributed by atoms with Crippen molar-refractivity contribution in [3.63, 3.8) is 0 Å². The molecule has 0 atom stereocenters. The summed E-state index contributed by atoms with van der Waals surface area (Å²) in [4.78, 5) is 0.181. The van der Waals surface area contributed by atoms with Gasteiger partial charge < -0.3 is 5.73 Å². The molecular formula is C14H20N4O2S. The quantitative estimate of drug-likeness (QED) is 0.738. The van der Waals surface area contributed by atoms with E-state index in [0.717, 1.165) is 24.1 Å². The molecule has 0 fully saturated rings. The first-order valence-electron chi connectivity index (χ1n) is 6.77. The average Bonchev–Trinajstić information content (AvgIpc) is 2.80. The van der Waals surface area contributed by atoms with Crippen LogP contribution < -0.4 is 10.5 Å². The number of nitrogens with zero attached hydrogens (tertiary/aromatic N) is 1. The highest BCUT2D eigenvalue weighted by Crippen LogP contribution is 2.24. The second-order valence-corrected chi connectivity index (χ2v) is 6.75. The fraction of sp³-hybridized carbons (Fsp3) is 0.357. The number of anilines is 2. The predicted molar refractivity (Wildman–Crippen MR) is 83.7 cm³/mol. The van der Waals surface area contributed by atoms with Gasteiger partial charge in [-0.25, -0.2) is 8.42 Å². The van der Waals surface area contributed by atoms with Crippen molar-refractivity contribution in [2.24, 2.45) is 0 Å². The first-order valence-corrected chi connectivity index (χ1v) is 8.25. The highest BCUT2D eigenvalue weighted by Gasteiger charge is 2.20. The molecule has 1 heterocycles. The number of nitrogens with two attached hydrogens (primary N) is 1. The standard InChI is InChI=1S/C14H20N4O2S/c1-4-5-12-8-14(17-16-12)18-21(19,20)13-7-11(15)6-9(2)10(13)3/h6-8H,4-5,15H2,1-3H3,(H2,16,17,18). The van der Waals surface area contributed by atoms with E-state index in [1.165, 1.54) is 6.07 Å². The van der Waals surface area contributed by atoms with Crippen LogP contribution in [0.15, 0.2) is 23.1 Å². The Morgan fingerprint density at radius 3 is 2.67 bits per heavy atom. The average molecular weight is 308 g/mol. The molecule has 0 aliphatic heterocycles. The zero-order valence-electron chi connectivity index (χ0n) is 12.4. The summed E-state index contributed by atoms with van der Waals surface area (Å²) < 4.78 is 27.4. The molecule has 0 bridgehead atoms. The normalized spacial score (nSPS) is 11.6. The summed E-state index contributed by atoms with van der Waals surface area (Å²) in [5.41, 5.74) is 8.59. The zero-order chi connectivity index (χ0) is 15.6. The summed E-state index contributed by atoms with van der Waals surface area (Å²) in [7, 11) is -3.70. The molecule has 1 aromatic heterocycles. The van der Waals surface area contributed by atoms with E-state index in [-0.39, 0.29) is 10.7 Å². The minimum Gasteiger partial charge on any atom is -0.399 e. The molecule has 2 rings (SSSR count). The number of nitrogen functional groups attached to an aromatic ring is 1. The molecule has 0 aliphatic rings. The molecule has 6 nitrogen and oxygen atoms in total. The van der Waals surface area contributed by atoms with E-state index in [2.05, 4.69) is 14.9 Å². The molecule has 0 radical (unpaired) electrons. The second-order valence-electron chi connectivity index (χ2n) is 5.09. The molecule has 1 aromatic carbocycles. The Hall–Kier alpha value is -2.02. The van der Waals surface area contributed by atoms with Crippen LogP contribution in [-0.4, -0.2) is 18.6 Å². The summed E-state index contributed by atoms with van der Waals surface area (Å²) in [6.07, 6.45) is 1.78. The van der Waals surface area contributed by atoms with E-state index in [9.17, 15) is 8.42 Å². The van der Waals surface area contributed by atoms with Gasteiger partial charge in [-0.3, -0.25) is 9.82 Å². The number of hydrogen-bond donors (Lipinski definition) is 3. The summed E-state index contributed by atoms with van der Waals surface area (Å²) >= 11 is 0. The largest absolute Gasteiger partial charge is 0.399 e. The molecule has 0 aliphatic carbocycles. The Bertz CT molecular complexity index is 750. The molecule has 0 saturated carbocycles. The van der Waals surface area contributed by atoms with Crippen LogP contribution in [0, 0.1) is 13.8 Å². The number of sulfonamides is 1. The molecule has 2 aromatic rings. The van der Waals surface area contributed by atoms with Gasteiger partial charge in [0.05, 0.1) is 4.90 Å². The minimum absolute atomic E-state index is 0.181. The van der Waals surface area contributed by atoms with Gasteiger partial charge in [-0.2, -0.15) is 5.10 Å². The summed E-state index contributed by atoms with van der Waals surface area (Å²) in [6, 6.07) is 4.92. The van der Waals surface area contributed by atoms with Crippen LogP contribution in [0.2, 0.25) is 0 Å². The van der Waals surface area contributed by atoms with Crippen LogP contribution in [0.25, 0.3) is 0 Å². The number of aromatic nitrogens is 2. The molecule has 0 amide bonds. The first kappa shape index (κ1) is 15.4. The minimum atomic E-state index is -3.70. The van der Waals surface area contributed by atoms with Gasteiger partial charge in [0, 0.05) is 17.4 Å². The van der Waals surface area contributed by atoms with Gasteiger partial charge >= 0.3 is 0 Å². The number of hydrogen-bond acceptors (Lipinski definition) is 4. The molecule has 114 valence electrons. The highest BCUT2D eigenvalue weighted by atomic mass is 32.2. The fourth-order valence-electron chi connectivity index (χ4n) is 2.14. The number of aromatic amines is 1. The molecule has 0 spiro atoms. The van der Waals surface area contributed by atoms with Crippen LogP contribution in [0.3, 0.4) is 0 Å². The smallest absolute Gasteiger partial charge is 0.263 e. The maximum Gasteiger partial charge on any atom is 0.263 e. The monoisotopic (exact) mass is 308 g/mol. The maximum atomic E-state index is 12.5. The highest BCUT2D eigenvalue weighted by molar-refractivity contribution is 7.92. The molecule has 7 heteroatoms. The third-order valence-electron chi connectivity index (χ3n) is 3.32. The van der Waals surface area contributed by atoms with Gasteiger partial charge in [-0.05, 0) is 43.5 Å². The number of nitrogens with one attached hydrogen (secondary N) is 2. The van der Waals surface area contributed by atoms with Crippen molar-refractivity contribution < 1.29 is 8.42 Å². The fourth-order valence-corrected chi connectivity index (χ4v) is 3.48. The third kappa shape index (κ3) is 3.36. The van der Waals surface area contributed by atoms with Gasteiger partial charge in [0.1, 0.15) is 0 Å². The summed E-state index contributed by atoms with van der Waals surface area (Å²) in [5.74, 6) is 0.290. The van der Waals surface area contributed by atoms with Crippen molar-refractivity contribution >= 4 is 21.5 Å². The van der Waals surface area contributed by atoms with Gasteiger partial charge in [0.15, 0.2) is 5.82 Å². The molecule has 0 unspecified atom stereocenters. The Balaban J connectivity index is 2.34. The van der Waals surface area contributed by atoms with Crippen molar-refractivity contribution in [1.29, 1.82) is 0 Å². The van der Waals surface area contributed by atoms with E-state index in [0.29, 0.717) is 11.3 Å². The topological polar surface area (TPSA) is 101 Å². The van der Waals surface area contributed by atoms with Gasteiger partial charge in [0.2, 0.25) is 0 Å². The van der Waals surface area contributed by atoms with E-state index in [1.807, 2.05) is 13.8 Å². The van der Waals surface area contributed by atoms with E-state index in [4.69, 9.17) is 5.73 Å². The summed E-state index contributed by atoms with van der Waals surface area (Å²) in [6.45, 7) is 5.64. The number of benzene rings is 1. The van der Waals surface area contributed by atoms with Crippen molar-refractivity contribution in [2.45, 2.75) is 38.5 Å². The molecule has 4 N–H and O–H groups in total. The van der Waals surface area contributed by atoms with E-state index in [1.54, 1.807) is 19.1 Å². The number of H-pyrrole nitrogens is 1. The lowest BCUT2D eigenvalue weighted by Crippen LogP contribution is -2.15. The van der Waals surface area contributed by atoms with Crippen molar-refractivity contribution in [1.82, 2.24) is 10.2 Å². The SMILES string of the molecule is CCCc1cc(NS(=O)(=O)c2cc(N)cc(C)c2C)n[nH]1. The Morgan fingerprint density at radius 1 is 1.29 bits per heavy atom. The van der Waals surface area contributed by atoms with Crippen LogP contribution in [0.1, 0.15) is 30.2 Å². The lowest BCUT2D eigenvalue weighted by Gasteiger charge is -2.11. The summed E-state index contributed by atoms with van der Waals surface area (Å²) in [5, 5.41) is 6.79. The van der Waals surface area contributed by atoms with Crippen LogP contribution in [0.5, 0.6) is 0 Å². The maximum absolute atomic E-state index is 12.5. The van der Waals surface area contributed by atoms with Crippen molar-refractivity contribution in [2.75, 3.05) is 10.5 Å². The number of aryl methyl sites for hydroxylation is 2. The predicted octanol–water partition coefficient (Wildman–Crippen LogP) is 2.36. The number of rotatable bonds is 5. The van der Waals surface area contributed by atoms with Crippen LogP contribution >= 0.6 is 0 Å². The van der Waals surface area contributed by atoms with E-state index >= 15 is 0 Å². The van der Waals surface area contributed by atoms with Crippen molar-refractivity contribution in [3.05, 3.63) is 35.0 Å². The Kier molecular flexibility index (Phi) is 4.22.